The van der Waals surface area contributed by atoms with Crippen molar-refractivity contribution in [2.45, 2.75) is 38.1 Å². The van der Waals surface area contributed by atoms with Crippen molar-refractivity contribution in [1.82, 2.24) is 4.90 Å². The van der Waals surface area contributed by atoms with Gasteiger partial charge in [0.25, 0.3) is 0 Å². The van der Waals surface area contributed by atoms with Gasteiger partial charge in [-0.3, -0.25) is 4.90 Å². The summed E-state index contributed by atoms with van der Waals surface area (Å²) in [5.74, 6) is -0.932. The zero-order valence-corrected chi connectivity index (χ0v) is 10.9. The fourth-order valence-corrected chi connectivity index (χ4v) is 3.44. The van der Waals surface area contributed by atoms with Crippen LogP contribution in [-0.2, 0) is 4.79 Å². The van der Waals surface area contributed by atoms with Gasteiger partial charge in [0.15, 0.2) is 0 Å². The summed E-state index contributed by atoms with van der Waals surface area (Å²) in [4.78, 5) is 12.8. The van der Waals surface area contributed by atoms with Gasteiger partial charge in [-0.1, -0.05) is 0 Å². The van der Waals surface area contributed by atoms with Crippen molar-refractivity contribution >= 4 is 5.97 Å². The van der Waals surface area contributed by atoms with Crippen LogP contribution in [0, 0.1) is 0 Å². The zero-order valence-electron chi connectivity index (χ0n) is 10.9. The molecule has 0 saturated carbocycles. The second kappa shape index (κ2) is 5.36. The van der Waals surface area contributed by atoms with Gasteiger partial charge in [0, 0.05) is 6.54 Å². The number of hydrogen-bond donors (Lipinski definition) is 0. The number of piperidine rings is 1. The number of carbonyl (C=O) groups excluding carboxylic acids is 1. The second-order valence-corrected chi connectivity index (χ2v) is 5.95. The van der Waals surface area contributed by atoms with E-state index in [1.807, 2.05) is 0 Å². The number of nitrogens with zero attached hydrogens (tertiary/aromatic N) is 2. The molecule has 0 aromatic heterocycles. The Hall–Kier alpha value is -0.610. The molecule has 2 aliphatic heterocycles. The lowest BCUT2D eigenvalue weighted by Crippen LogP contribution is -2.55. The van der Waals surface area contributed by atoms with Gasteiger partial charge in [-0.05, 0) is 38.6 Å². The number of aliphatic carboxylic acids is 1. The number of rotatable bonds is 4. The summed E-state index contributed by atoms with van der Waals surface area (Å²) in [6, 6.07) is 0.455. The predicted octanol–water partition coefficient (Wildman–Crippen LogP) is -0.169. The highest BCUT2D eigenvalue weighted by Crippen LogP contribution is 2.23. The number of carboxylic acids is 1. The molecule has 0 radical (unpaired) electrons. The minimum atomic E-state index is -0.932. The Morgan fingerprint density at radius 3 is 2.65 bits per heavy atom. The van der Waals surface area contributed by atoms with Crippen LogP contribution in [-0.4, -0.2) is 61.2 Å². The van der Waals surface area contributed by atoms with E-state index in [1.165, 1.54) is 32.4 Å². The summed E-state index contributed by atoms with van der Waals surface area (Å²) in [5, 5.41) is 10.7. The Labute approximate surface area is 104 Å². The molecule has 2 fully saturated rings. The molecule has 2 aliphatic rings. The SMILES string of the molecule is C[N+]1(CC2CCCN2CC(=O)[O-])CCCCC1. The standard InChI is InChI=1S/C13H24N2O2/c1-15(8-3-2-4-9-15)11-12-6-5-7-14(12)10-13(16)17/h12H,2-11H2,1H3. The molecule has 0 aromatic carbocycles. The number of carbonyl (C=O) groups is 1. The summed E-state index contributed by atoms with van der Waals surface area (Å²) in [5.41, 5.74) is 0. The molecule has 0 bridgehead atoms. The Kier molecular flexibility index (Phi) is 4.05. The molecule has 0 spiro atoms. The van der Waals surface area contributed by atoms with Crippen LogP contribution in [0.4, 0.5) is 0 Å². The van der Waals surface area contributed by atoms with Crippen LogP contribution in [0.1, 0.15) is 32.1 Å². The van der Waals surface area contributed by atoms with Gasteiger partial charge in [0.2, 0.25) is 0 Å². The molecule has 4 heteroatoms. The van der Waals surface area contributed by atoms with E-state index >= 15 is 0 Å². The van der Waals surface area contributed by atoms with Crippen LogP contribution in [0.2, 0.25) is 0 Å². The fourth-order valence-electron chi connectivity index (χ4n) is 3.44. The Morgan fingerprint density at radius 2 is 2.00 bits per heavy atom. The van der Waals surface area contributed by atoms with Crippen LogP contribution in [0.25, 0.3) is 0 Å². The van der Waals surface area contributed by atoms with Crippen LogP contribution in [0.5, 0.6) is 0 Å². The van der Waals surface area contributed by atoms with Crippen molar-refractivity contribution in [2.75, 3.05) is 39.8 Å². The second-order valence-electron chi connectivity index (χ2n) is 5.95. The van der Waals surface area contributed by atoms with E-state index < -0.39 is 5.97 Å². The number of likely N-dealkylation sites (N-methyl/N-ethyl adjacent to an activating group) is 1. The van der Waals surface area contributed by atoms with Crippen LogP contribution >= 0.6 is 0 Å². The van der Waals surface area contributed by atoms with Crippen LogP contribution in [0.15, 0.2) is 0 Å². The molecule has 2 rings (SSSR count). The maximum atomic E-state index is 10.7. The van der Waals surface area contributed by atoms with Crippen molar-refractivity contribution in [2.24, 2.45) is 0 Å². The lowest BCUT2D eigenvalue weighted by atomic mass is 10.1. The molecule has 1 atom stereocenters. The predicted molar refractivity (Wildman–Crippen MR) is 64.2 cm³/mol. The van der Waals surface area contributed by atoms with Gasteiger partial charge in [-0.25, -0.2) is 0 Å². The molecule has 0 aliphatic carbocycles. The maximum absolute atomic E-state index is 10.7. The van der Waals surface area contributed by atoms with Gasteiger partial charge in [-0.15, -0.1) is 0 Å². The summed E-state index contributed by atoms with van der Waals surface area (Å²) in [7, 11) is 2.33. The Bertz CT molecular complexity index is 275. The molecule has 98 valence electrons. The molecule has 17 heavy (non-hydrogen) atoms. The normalized spacial score (nSPS) is 29.4. The van der Waals surface area contributed by atoms with E-state index in [-0.39, 0.29) is 6.54 Å². The van der Waals surface area contributed by atoms with Gasteiger partial charge >= 0.3 is 0 Å². The summed E-state index contributed by atoms with van der Waals surface area (Å²) >= 11 is 0. The minimum absolute atomic E-state index is 0.116. The Balaban J connectivity index is 1.90. The van der Waals surface area contributed by atoms with E-state index in [4.69, 9.17) is 0 Å². The molecule has 0 amide bonds. The third-order valence-corrected chi connectivity index (χ3v) is 4.38. The molecule has 4 nitrogen and oxygen atoms in total. The monoisotopic (exact) mass is 240 g/mol. The lowest BCUT2D eigenvalue weighted by Gasteiger charge is -2.41. The van der Waals surface area contributed by atoms with Gasteiger partial charge < -0.3 is 14.4 Å². The van der Waals surface area contributed by atoms with E-state index in [1.54, 1.807) is 0 Å². The first-order chi connectivity index (χ1) is 8.09. The molecule has 2 heterocycles. The van der Waals surface area contributed by atoms with Crippen LogP contribution in [0.3, 0.4) is 0 Å². The van der Waals surface area contributed by atoms with Crippen molar-refractivity contribution in [3.05, 3.63) is 0 Å². The molecular formula is C13H24N2O2. The van der Waals surface area contributed by atoms with Crippen molar-refractivity contribution < 1.29 is 14.4 Å². The summed E-state index contributed by atoms with van der Waals surface area (Å²) < 4.78 is 1.13. The van der Waals surface area contributed by atoms with E-state index in [9.17, 15) is 9.90 Å². The largest absolute Gasteiger partial charge is 0.549 e. The average molecular weight is 240 g/mol. The third kappa shape index (κ3) is 3.42. The lowest BCUT2D eigenvalue weighted by molar-refractivity contribution is -0.915. The van der Waals surface area contributed by atoms with E-state index in [0.717, 1.165) is 30.4 Å². The molecule has 2 saturated heterocycles. The molecular weight excluding hydrogens is 216 g/mol. The van der Waals surface area contributed by atoms with Gasteiger partial charge in [0.05, 0.1) is 38.7 Å². The Morgan fingerprint density at radius 1 is 1.29 bits per heavy atom. The van der Waals surface area contributed by atoms with Gasteiger partial charge in [0.1, 0.15) is 0 Å². The minimum Gasteiger partial charge on any atom is -0.549 e. The molecule has 0 N–H and O–H groups in total. The number of hydrogen-bond acceptors (Lipinski definition) is 3. The first-order valence-electron chi connectivity index (χ1n) is 6.86. The van der Waals surface area contributed by atoms with Crippen molar-refractivity contribution in [3.63, 3.8) is 0 Å². The molecule has 1 unspecified atom stereocenters. The van der Waals surface area contributed by atoms with E-state index in [0.29, 0.717) is 6.04 Å². The number of carboxylic acid groups (broad SMARTS) is 1. The average Bonchev–Trinajstić information content (AvgIpc) is 2.65. The summed E-state index contributed by atoms with van der Waals surface area (Å²) in [6.45, 7) is 4.68. The third-order valence-electron chi connectivity index (χ3n) is 4.38. The van der Waals surface area contributed by atoms with Crippen molar-refractivity contribution in [1.29, 1.82) is 0 Å². The zero-order chi connectivity index (χ0) is 12.3. The van der Waals surface area contributed by atoms with E-state index in [2.05, 4.69) is 11.9 Å². The maximum Gasteiger partial charge on any atom is 0.0942 e. The number of likely N-dealkylation sites (tertiary alicyclic amines) is 2. The highest BCUT2D eigenvalue weighted by molar-refractivity contribution is 5.66. The number of quaternary nitrogens is 1. The highest BCUT2D eigenvalue weighted by atomic mass is 16.4. The highest BCUT2D eigenvalue weighted by Gasteiger charge is 2.33. The fraction of sp³-hybridized carbons (Fsp3) is 0.923. The van der Waals surface area contributed by atoms with Gasteiger partial charge in [-0.2, -0.15) is 0 Å². The smallest absolute Gasteiger partial charge is 0.0942 e. The van der Waals surface area contributed by atoms with Crippen molar-refractivity contribution in [3.8, 4) is 0 Å². The first-order valence-corrected chi connectivity index (χ1v) is 6.86. The summed E-state index contributed by atoms with van der Waals surface area (Å²) in [6.07, 6.45) is 6.30. The molecule has 0 aromatic rings. The topological polar surface area (TPSA) is 43.4 Å². The quantitative estimate of drug-likeness (QED) is 0.641. The first kappa shape index (κ1) is 12.8. The van der Waals surface area contributed by atoms with Crippen LogP contribution < -0.4 is 5.11 Å².